The Kier molecular flexibility index (Phi) is 5.87. The van der Waals surface area contributed by atoms with Crippen LogP contribution in [0.3, 0.4) is 0 Å². The van der Waals surface area contributed by atoms with Crippen molar-refractivity contribution < 1.29 is 18.8 Å². The first-order chi connectivity index (χ1) is 16.1. The molecular formula is C24H25N3O6. The maximum atomic E-state index is 12.5. The van der Waals surface area contributed by atoms with E-state index in [1.54, 1.807) is 30.3 Å². The lowest BCUT2D eigenvalue weighted by Crippen LogP contribution is -2.46. The van der Waals surface area contributed by atoms with E-state index in [1.165, 1.54) is 6.07 Å². The highest BCUT2D eigenvalue weighted by Crippen LogP contribution is 2.35. The van der Waals surface area contributed by atoms with Crippen molar-refractivity contribution in [2.75, 3.05) is 44.4 Å². The molecule has 9 nitrogen and oxygen atoms in total. The van der Waals surface area contributed by atoms with Crippen molar-refractivity contribution in [1.82, 2.24) is 4.90 Å². The van der Waals surface area contributed by atoms with Crippen LogP contribution < -0.4 is 19.8 Å². The van der Waals surface area contributed by atoms with Crippen LogP contribution in [-0.4, -0.2) is 49.3 Å². The van der Waals surface area contributed by atoms with Gasteiger partial charge in [-0.15, -0.1) is 0 Å². The molecule has 1 saturated heterocycles. The summed E-state index contributed by atoms with van der Waals surface area (Å²) < 4.78 is 16.7. The number of nitrogens with zero attached hydrogens (tertiary/aromatic N) is 3. The second-order valence-corrected chi connectivity index (χ2v) is 8.34. The monoisotopic (exact) mass is 451 g/mol. The zero-order valence-electron chi connectivity index (χ0n) is 18.2. The Labute approximate surface area is 190 Å². The number of nitro groups is 1. The average molecular weight is 451 g/mol. The van der Waals surface area contributed by atoms with Crippen LogP contribution >= 0.6 is 0 Å². The van der Waals surface area contributed by atoms with Crippen molar-refractivity contribution in [1.29, 1.82) is 0 Å². The Hall–Kier alpha value is -3.59. The van der Waals surface area contributed by atoms with Gasteiger partial charge in [0, 0.05) is 62.6 Å². The van der Waals surface area contributed by atoms with Gasteiger partial charge in [0.15, 0.2) is 16.9 Å². The minimum atomic E-state index is -0.355. The van der Waals surface area contributed by atoms with Crippen LogP contribution in [0, 0.1) is 10.1 Å². The van der Waals surface area contributed by atoms with Gasteiger partial charge in [0.2, 0.25) is 6.79 Å². The molecule has 0 amide bonds. The predicted octanol–water partition coefficient (Wildman–Crippen LogP) is 3.57. The molecule has 33 heavy (non-hydrogen) atoms. The van der Waals surface area contributed by atoms with Crippen molar-refractivity contribution in [3.8, 4) is 11.5 Å². The average Bonchev–Trinajstić information content (AvgIpc) is 3.29. The van der Waals surface area contributed by atoms with Crippen molar-refractivity contribution in [2.45, 2.75) is 19.3 Å². The van der Waals surface area contributed by atoms with Gasteiger partial charge >= 0.3 is 0 Å². The highest BCUT2D eigenvalue weighted by atomic mass is 16.7. The lowest BCUT2D eigenvalue weighted by molar-refractivity contribution is -0.384. The van der Waals surface area contributed by atoms with E-state index in [-0.39, 0.29) is 22.8 Å². The van der Waals surface area contributed by atoms with E-state index in [0.29, 0.717) is 34.6 Å². The Bertz CT molecular complexity index is 1230. The number of rotatable bonds is 7. The third-order valence-electron chi connectivity index (χ3n) is 6.20. The van der Waals surface area contributed by atoms with Gasteiger partial charge < -0.3 is 18.8 Å². The van der Waals surface area contributed by atoms with E-state index in [0.717, 1.165) is 51.3 Å². The molecule has 5 rings (SSSR count). The smallest absolute Gasteiger partial charge is 0.271 e. The number of aryl methyl sites for hydroxylation is 1. The summed E-state index contributed by atoms with van der Waals surface area (Å²) in [4.78, 5) is 27.7. The van der Waals surface area contributed by atoms with Crippen molar-refractivity contribution >= 4 is 22.3 Å². The summed E-state index contributed by atoms with van der Waals surface area (Å²) >= 11 is 0. The largest absolute Gasteiger partial charge is 0.461 e. The highest BCUT2D eigenvalue weighted by molar-refractivity contribution is 5.81. The fourth-order valence-electron chi connectivity index (χ4n) is 4.39. The van der Waals surface area contributed by atoms with Crippen LogP contribution in [0.4, 0.5) is 11.4 Å². The van der Waals surface area contributed by atoms with Gasteiger partial charge in [-0.2, -0.15) is 0 Å². The summed E-state index contributed by atoms with van der Waals surface area (Å²) in [5, 5.41) is 11.5. The number of hydrogen-bond acceptors (Lipinski definition) is 8. The first-order valence-corrected chi connectivity index (χ1v) is 11.1. The standard InChI is InChI=1S/C24H25N3O6/c28-21-13-19(33-22-15-24-23(14-20(21)22)31-16-32-24)6-1-2-7-25-8-10-26(11-9-25)17-4-3-5-18(12-17)27(29)30/h3-5,12-15H,1-2,6-11,16H2. The summed E-state index contributed by atoms with van der Waals surface area (Å²) in [6.07, 6.45) is 2.62. The molecule has 1 fully saturated rings. The molecule has 2 aromatic carbocycles. The van der Waals surface area contributed by atoms with Gasteiger partial charge in [0.05, 0.1) is 10.3 Å². The second-order valence-electron chi connectivity index (χ2n) is 8.34. The fraction of sp³-hybridized carbons (Fsp3) is 0.375. The quantitative estimate of drug-likeness (QED) is 0.305. The predicted molar refractivity (Wildman–Crippen MR) is 123 cm³/mol. The third-order valence-corrected chi connectivity index (χ3v) is 6.20. The van der Waals surface area contributed by atoms with E-state index < -0.39 is 0 Å². The Morgan fingerprint density at radius 1 is 0.970 bits per heavy atom. The molecule has 2 aliphatic rings. The molecule has 1 aromatic heterocycles. The fourth-order valence-corrected chi connectivity index (χ4v) is 4.39. The van der Waals surface area contributed by atoms with Crippen molar-refractivity contribution in [3.63, 3.8) is 0 Å². The molecule has 0 unspecified atom stereocenters. The van der Waals surface area contributed by atoms with Crippen LogP contribution in [0.5, 0.6) is 11.5 Å². The van der Waals surface area contributed by atoms with Gasteiger partial charge in [-0.3, -0.25) is 19.8 Å². The Morgan fingerprint density at radius 3 is 2.55 bits per heavy atom. The number of nitro benzene ring substituents is 1. The zero-order chi connectivity index (χ0) is 22.8. The molecule has 0 bridgehead atoms. The maximum Gasteiger partial charge on any atom is 0.271 e. The third kappa shape index (κ3) is 4.63. The van der Waals surface area contributed by atoms with Crippen molar-refractivity contribution in [3.05, 3.63) is 68.6 Å². The number of non-ortho nitro benzene ring substituents is 1. The van der Waals surface area contributed by atoms with Crippen LogP contribution in [0.15, 0.2) is 51.7 Å². The maximum absolute atomic E-state index is 12.5. The molecule has 3 aromatic rings. The molecule has 0 aliphatic carbocycles. The first kappa shape index (κ1) is 21.3. The molecule has 172 valence electrons. The molecule has 9 heteroatoms. The van der Waals surface area contributed by atoms with E-state index in [2.05, 4.69) is 9.80 Å². The van der Waals surface area contributed by atoms with Gasteiger partial charge in [-0.05, 0) is 31.5 Å². The van der Waals surface area contributed by atoms with Gasteiger partial charge in [-0.25, -0.2) is 0 Å². The second kappa shape index (κ2) is 9.11. The van der Waals surface area contributed by atoms with Crippen LogP contribution in [-0.2, 0) is 6.42 Å². The number of anilines is 1. The molecule has 3 heterocycles. The number of unbranched alkanes of at least 4 members (excludes halogenated alkanes) is 1. The molecule has 0 saturated carbocycles. The summed E-state index contributed by atoms with van der Waals surface area (Å²) in [6, 6.07) is 11.8. The van der Waals surface area contributed by atoms with Crippen LogP contribution in [0.25, 0.3) is 11.0 Å². The lowest BCUT2D eigenvalue weighted by Gasteiger charge is -2.36. The molecule has 0 spiro atoms. The zero-order valence-corrected chi connectivity index (χ0v) is 18.2. The summed E-state index contributed by atoms with van der Waals surface area (Å²) in [5.41, 5.74) is 1.49. The highest BCUT2D eigenvalue weighted by Gasteiger charge is 2.19. The molecule has 0 radical (unpaired) electrons. The number of benzene rings is 2. The summed E-state index contributed by atoms with van der Waals surface area (Å²) in [7, 11) is 0. The Balaban J connectivity index is 1.11. The van der Waals surface area contributed by atoms with Gasteiger partial charge in [0.1, 0.15) is 11.3 Å². The molecule has 0 atom stereocenters. The normalized spacial score (nSPS) is 15.8. The van der Waals surface area contributed by atoms with E-state index >= 15 is 0 Å². The number of piperazine rings is 1. The van der Waals surface area contributed by atoms with Crippen LogP contribution in [0.2, 0.25) is 0 Å². The van der Waals surface area contributed by atoms with Crippen LogP contribution in [0.1, 0.15) is 18.6 Å². The lowest BCUT2D eigenvalue weighted by atomic mass is 10.1. The van der Waals surface area contributed by atoms with Crippen molar-refractivity contribution in [2.24, 2.45) is 0 Å². The number of hydrogen-bond donors (Lipinski definition) is 0. The minimum absolute atomic E-state index is 0.0678. The number of fused-ring (bicyclic) bond motifs is 2. The topological polar surface area (TPSA) is 98.3 Å². The number of ether oxygens (including phenoxy) is 2. The minimum Gasteiger partial charge on any atom is -0.461 e. The van der Waals surface area contributed by atoms with E-state index in [9.17, 15) is 14.9 Å². The summed E-state index contributed by atoms with van der Waals surface area (Å²) in [5.74, 6) is 1.86. The van der Waals surface area contributed by atoms with E-state index in [4.69, 9.17) is 13.9 Å². The molecule has 0 N–H and O–H groups in total. The van der Waals surface area contributed by atoms with E-state index in [1.807, 2.05) is 6.07 Å². The van der Waals surface area contributed by atoms with Gasteiger partial charge in [-0.1, -0.05) is 6.07 Å². The molecule has 2 aliphatic heterocycles. The summed E-state index contributed by atoms with van der Waals surface area (Å²) in [6.45, 7) is 4.65. The SMILES string of the molecule is O=c1cc(CCCCN2CCN(c3cccc([N+](=O)[O-])c3)CC2)oc2cc3c(cc12)OCO3. The Morgan fingerprint density at radius 2 is 1.76 bits per heavy atom. The molecular weight excluding hydrogens is 426 g/mol. The van der Waals surface area contributed by atoms with Gasteiger partial charge in [0.25, 0.3) is 5.69 Å². The first-order valence-electron chi connectivity index (χ1n) is 11.1.